The highest BCUT2D eigenvalue weighted by Crippen LogP contribution is 2.46. The van der Waals surface area contributed by atoms with Gasteiger partial charge in [-0.1, -0.05) is 111 Å². The van der Waals surface area contributed by atoms with E-state index in [4.69, 9.17) is 79.1 Å². The van der Waals surface area contributed by atoms with Gasteiger partial charge in [0, 0.05) is 23.3 Å². The quantitative estimate of drug-likeness (QED) is 0.219. The maximum atomic E-state index is 12.7. The van der Waals surface area contributed by atoms with Gasteiger partial charge in [0.25, 0.3) is 0 Å². The van der Waals surface area contributed by atoms with Crippen LogP contribution in [0.1, 0.15) is 52.7 Å². The molecule has 0 aliphatic carbocycles. The van der Waals surface area contributed by atoms with E-state index in [1.165, 1.54) is 12.1 Å². The number of carbonyl (C=O) groups excluding carboxylic acids is 1. The number of benzene rings is 2. The van der Waals surface area contributed by atoms with Crippen molar-refractivity contribution in [2.45, 2.75) is 52.4 Å². The number of rotatable bonds is 2. The van der Waals surface area contributed by atoms with Gasteiger partial charge in [0.2, 0.25) is 0 Å². The summed E-state index contributed by atoms with van der Waals surface area (Å²) in [7, 11) is 0. The van der Waals surface area contributed by atoms with Gasteiger partial charge < -0.3 is 9.47 Å². The Kier molecular flexibility index (Phi) is 7.83. The van der Waals surface area contributed by atoms with Crippen LogP contribution in [-0.4, -0.2) is 6.16 Å². The summed E-state index contributed by atoms with van der Waals surface area (Å²) >= 11 is 37.4. The maximum absolute atomic E-state index is 12.7. The third-order valence-corrected chi connectivity index (χ3v) is 6.66. The molecule has 9 heteroatoms. The number of ether oxygens (including phenoxy) is 2. The van der Waals surface area contributed by atoms with Crippen molar-refractivity contribution in [3.05, 3.63) is 53.4 Å². The molecule has 0 aliphatic rings. The first-order valence-corrected chi connectivity index (χ1v) is 11.1. The van der Waals surface area contributed by atoms with Crippen molar-refractivity contribution in [2.75, 3.05) is 0 Å². The first kappa shape index (κ1) is 25.7. The first-order chi connectivity index (χ1) is 13.6. The fourth-order valence-corrected chi connectivity index (χ4v) is 4.64. The summed E-state index contributed by atoms with van der Waals surface area (Å²) in [5.74, 6) is 0.269. The fourth-order valence-electron chi connectivity index (χ4n) is 2.91. The van der Waals surface area contributed by atoms with Gasteiger partial charge in [0.05, 0.1) is 30.1 Å². The normalized spacial score (nSPS) is 12.1. The summed E-state index contributed by atoms with van der Waals surface area (Å²) < 4.78 is 10.9. The molecular formula is C21H20Cl6O3. The van der Waals surface area contributed by atoms with E-state index in [9.17, 15) is 4.79 Å². The average molecular weight is 533 g/mol. The van der Waals surface area contributed by atoms with Crippen molar-refractivity contribution >= 4 is 75.8 Å². The van der Waals surface area contributed by atoms with Crippen molar-refractivity contribution in [3.8, 4) is 11.5 Å². The number of hydrogen-bond donors (Lipinski definition) is 0. The third-order valence-electron chi connectivity index (χ3n) is 4.14. The number of halogens is 6. The van der Waals surface area contributed by atoms with Crippen molar-refractivity contribution < 1.29 is 14.3 Å². The number of carbonyl (C=O) groups is 1. The second-order valence-electron chi connectivity index (χ2n) is 8.67. The fraction of sp³-hybridized carbons (Fsp3) is 0.381. The van der Waals surface area contributed by atoms with E-state index >= 15 is 0 Å². The topological polar surface area (TPSA) is 35.5 Å². The third kappa shape index (κ3) is 5.43. The average Bonchev–Trinajstić information content (AvgIpc) is 2.55. The van der Waals surface area contributed by atoms with Gasteiger partial charge in [-0.3, -0.25) is 0 Å². The molecule has 30 heavy (non-hydrogen) atoms. The minimum Gasteiger partial charge on any atom is -0.394 e. The van der Waals surface area contributed by atoms with E-state index in [1.807, 2.05) is 41.5 Å². The Balaban J connectivity index is 2.50. The predicted octanol–water partition coefficient (Wildman–Crippen LogP) is 9.78. The van der Waals surface area contributed by atoms with Crippen LogP contribution in [-0.2, 0) is 10.8 Å². The van der Waals surface area contributed by atoms with E-state index < -0.39 is 17.0 Å². The van der Waals surface area contributed by atoms with Crippen molar-refractivity contribution in [2.24, 2.45) is 0 Å². The van der Waals surface area contributed by atoms with Crippen LogP contribution in [0.15, 0.2) is 12.1 Å². The second kappa shape index (κ2) is 9.13. The maximum Gasteiger partial charge on any atom is 0.519 e. The summed E-state index contributed by atoms with van der Waals surface area (Å²) in [6.07, 6.45) is -1.02. The highest BCUT2D eigenvalue weighted by molar-refractivity contribution is 6.49. The molecule has 0 saturated heterocycles. The van der Waals surface area contributed by atoms with Crippen LogP contribution < -0.4 is 9.47 Å². The monoisotopic (exact) mass is 530 g/mol. The predicted molar refractivity (Wildman–Crippen MR) is 127 cm³/mol. The lowest BCUT2D eigenvalue weighted by atomic mass is 9.86. The molecule has 2 aromatic rings. The Labute approximate surface area is 206 Å². The minimum atomic E-state index is -1.02. The molecule has 0 heterocycles. The van der Waals surface area contributed by atoms with Crippen LogP contribution in [0.4, 0.5) is 4.79 Å². The summed E-state index contributed by atoms with van der Waals surface area (Å²) in [5, 5.41) is 1.04. The summed E-state index contributed by atoms with van der Waals surface area (Å²) in [4.78, 5) is 12.7. The van der Waals surface area contributed by atoms with Gasteiger partial charge in [-0.2, -0.15) is 0 Å². The molecule has 3 nitrogen and oxygen atoms in total. The Hall–Kier alpha value is -0.550. The summed E-state index contributed by atoms with van der Waals surface area (Å²) in [5.41, 5.74) is 0.0341. The molecule has 164 valence electrons. The summed E-state index contributed by atoms with van der Waals surface area (Å²) in [6, 6.07) is 2.84. The van der Waals surface area contributed by atoms with Gasteiger partial charge >= 0.3 is 6.16 Å². The van der Waals surface area contributed by atoms with Gasteiger partial charge in [-0.05, 0) is 10.8 Å². The lowest BCUT2D eigenvalue weighted by Crippen LogP contribution is -2.21. The molecular weight excluding hydrogens is 513 g/mol. The largest absolute Gasteiger partial charge is 0.519 e. The van der Waals surface area contributed by atoms with Crippen molar-refractivity contribution in [1.29, 1.82) is 0 Å². The lowest BCUT2D eigenvalue weighted by Gasteiger charge is -2.26. The van der Waals surface area contributed by atoms with Crippen LogP contribution in [0.2, 0.25) is 30.1 Å². The lowest BCUT2D eigenvalue weighted by molar-refractivity contribution is 0.150. The summed E-state index contributed by atoms with van der Waals surface area (Å²) in [6.45, 7) is 11.4. The Morgan fingerprint density at radius 2 is 0.933 bits per heavy atom. The Morgan fingerprint density at radius 1 is 0.633 bits per heavy atom. The van der Waals surface area contributed by atoms with E-state index in [0.29, 0.717) is 11.1 Å². The van der Waals surface area contributed by atoms with Crippen LogP contribution in [0, 0.1) is 0 Å². The van der Waals surface area contributed by atoms with E-state index in [2.05, 4.69) is 0 Å². The minimum absolute atomic E-state index is 0.135. The van der Waals surface area contributed by atoms with Crippen molar-refractivity contribution in [3.63, 3.8) is 0 Å². The smallest absolute Gasteiger partial charge is 0.394 e. The molecule has 0 atom stereocenters. The Bertz CT molecular complexity index is 924. The zero-order valence-electron chi connectivity index (χ0n) is 17.1. The number of hydrogen-bond acceptors (Lipinski definition) is 3. The molecule has 0 unspecified atom stereocenters. The standard InChI is InChI=1S/C21H20Cl6O3/c1-20(2,3)13-11(7-9(22)15(24)17(13)26)29-19(28)30-12-8-10(23)16(25)18(27)14(12)21(4,5)6/h7-8H,1-6H3. The molecule has 0 radical (unpaired) electrons. The zero-order chi connectivity index (χ0) is 23.2. The molecule has 0 spiro atoms. The molecule has 2 aromatic carbocycles. The molecule has 2 rings (SSSR count). The molecule has 0 aliphatic heterocycles. The molecule has 0 fully saturated rings. The molecule has 0 aromatic heterocycles. The zero-order valence-corrected chi connectivity index (χ0v) is 21.7. The van der Waals surface area contributed by atoms with Crippen molar-refractivity contribution in [1.82, 2.24) is 0 Å². The van der Waals surface area contributed by atoms with E-state index in [0.717, 1.165) is 0 Å². The SMILES string of the molecule is CC(C)(C)c1c(OC(=O)Oc2cc(Cl)c(Cl)c(Cl)c2C(C)(C)C)cc(Cl)c(Cl)c1Cl. The van der Waals surface area contributed by atoms with Gasteiger partial charge in [0.15, 0.2) is 0 Å². The van der Waals surface area contributed by atoms with Gasteiger partial charge in [0.1, 0.15) is 11.5 Å². The highest BCUT2D eigenvalue weighted by atomic mass is 35.5. The van der Waals surface area contributed by atoms with E-state index in [1.54, 1.807) is 0 Å². The van der Waals surface area contributed by atoms with Crippen LogP contribution in [0.25, 0.3) is 0 Å². The van der Waals surface area contributed by atoms with Gasteiger partial charge in [-0.15, -0.1) is 0 Å². The second-order valence-corrected chi connectivity index (χ2v) is 11.0. The molecule has 0 bridgehead atoms. The molecule has 0 N–H and O–H groups in total. The molecule has 0 amide bonds. The molecule has 0 saturated carbocycles. The van der Waals surface area contributed by atoms with Gasteiger partial charge in [-0.25, -0.2) is 4.79 Å². The highest BCUT2D eigenvalue weighted by Gasteiger charge is 2.30. The Morgan fingerprint density at radius 3 is 1.20 bits per heavy atom. The first-order valence-electron chi connectivity index (χ1n) is 8.81. The van der Waals surface area contributed by atoms with Crippen LogP contribution in [0.5, 0.6) is 11.5 Å². The van der Waals surface area contributed by atoms with Crippen LogP contribution >= 0.6 is 69.6 Å². The van der Waals surface area contributed by atoms with Crippen LogP contribution in [0.3, 0.4) is 0 Å². The van der Waals surface area contributed by atoms with E-state index in [-0.39, 0.29) is 41.6 Å².